The van der Waals surface area contributed by atoms with Gasteiger partial charge in [0.25, 0.3) is 0 Å². The van der Waals surface area contributed by atoms with Crippen LogP contribution in [0.25, 0.3) is 0 Å². The van der Waals surface area contributed by atoms with Crippen LogP contribution in [0.2, 0.25) is 5.02 Å². The predicted molar refractivity (Wildman–Crippen MR) is 67.0 cm³/mol. The van der Waals surface area contributed by atoms with Crippen LogP contribution in [0.1, 0.15) is 11.7 Å². The monoisotopic (exact) mass is 254 g/mol. The van der Waals surface area contributed by atoms with Gasteiger partial charge in [0.15, 0.2) is 0 Å². The van der Waals surface area contributed by atoms with Crippen molar-refractivity contribution in [1.29, 1.82) is 0 Å². The van der Waals surface area contributed by atoms with Gasteiger partial charge in [-0.1, -0.05) is 11.6 Å². The average molecular weight is 255 g/mol. The molecule has 0 radical (unpaired) electrons. The first kappa shape index (κ1) is 11.4. The van der Waals surface area contributed by atoms with Crippen molar-refractivity contribution < 1.29 is 5.11 Å². The standard InChI is InChI=1S/C11H11ClN2OS/c12-9-5-13-3-1-10(9)14-6-11(15)8-2-4-16-7-8/h1-5,7,11,15H,6H2,(H,13,14). The van der Waals surface area contributed by atoms with E-state index in [0.717, 1.165) is 11.3 Å². The minimum absolute atomic E-state index is 0.431. The van der Waals surface area contributed by atoms with Crippen molar-refractivity contribution in [2.24, 2.45) is 0 Å². The third-order valence-corrected chi connectivity index (χ3v) is 3.19. The Hall–Kier alpha value is -1.10. The predicted octanol–water partition coefficient (Wildman–Crippen LogP) is 2.94. The van der Waals surface area contributed by atoms with E-state index in [2.05, 4.69) is 10.3 Å². The number of nitrogens with one attached hydrogen (secondary N) is 1. The summed E-state index contributed by atoms with van der Waals surface area (Å²) in [5.41, 5.74) is 1.70. The van der Waals surface area contributed by atoms with E-state index in [9.17, 15) is 5.11 Å². The Morgan fingerprint density at radius 1 is 1.50 bits per heavy atom. The van der Waals surface area contributed by atoms with Crippen LogP contribution in [-0.2, 0) is 0 Å². The van der Waals surface area contributed by atoms with Crippen LogP contribution in [0, 0.1) is 0 Å². The summed E-state index contributed by atoms with van der Waals surface area (Å²) in [6, 6.07) is 3.69. The van der Waals surface area contributed by atoms with Crippen LogP contribution in [0.4, 0.5) is 5.69 Å². The Kier molecular flexibility index (Phi) is 3.77. The molecule has 2 aromatic heterocycles. The number of pyridine rings is 1. The fourth-order valence-electron chi connectivity index (χ4n) is 1.31. The summed E-state index contributed by atoms with van der Waals surface area (Å²) in [5, 5.41) is 17.4. The zero-order chi connectivity index (χ0) is 11.4. The number of aliphatic hydroxyl groups excluding tert-OH is 1. The van der Waals surface area contributed by atoms with E-state index in [0.29, 0.717) is 11.6 Å². The second kappa shape index (κ2) is 5.30. The summed E-state index contributed by atoms with van der Waals surface area (Å²) in [4.78, 5) is 3.89. The molecule has 0 aliphatic carbocycles. The number of nitrogens with zero attached hydrogens (tertiary/aromatic N) is 1. The minimum Gasteiger partial charge on any atom is -0.387 e. The van der Waals surface area contributed by atoms with Crippen molar-refractivity contribution in [2.45, 2.75) is 6.10 Å². The first-order valence-electron chi connectivity index (χ1n) is 4.81. The number of hydrogen-bond donors (Lipinski definition) is 2. The lowest BCUT2D eigenvalue weighted by molar-refractivity contribution is 0.192. The second-order valence-corrected chi connectivity index (χ2v) is 4.50. The molecule has 0 spiro atoms. The van der Waals surface area contributed by atoms with Gasteiger partial charge in [0.05, 0.1) is 16.8 Å². The van der Waals surface area contributed by atoms with Crippen LogP contribution in [0.3, 0.4) is 0 Å². The van der Waals surface area contributed by atoms with E-state index < -0.39 is 6.10 Å². The molecule has 3 nitrogen and oxygen atoms in total. The maximum Gasteiger partial charge on any atom is 0.0970 e. The largest absolute Gasteiger partial charge is 0.387 e. The quantitative estimate of drug-likeness (QED) is 0.882. The van der Waals surface area contributed by atoms with E-state index in [1.807, 2.05) is 16.8 Å². The molecule has 0 saturated carbocycles. The molecule has 16 heavy (non-hydrogen) atoms. The van der Waals surface area contributed by atoms with E-state index in [4.69, 9.17) is 11.6 Å². The summed E-state index contributed by atoms with van der Waals surface area (Å²) in [5.74, 6) is 0. The van der Waals surface area contributed by atoms with E-state index >= 15 is 0 Å². The zero-order valence-corrected chi connectivity index (χ0v) is 10.0. The van der Waals surface area contributed by atoms with Crippen LogP contribution in [-0.4, -0.2) is 16.6 Å². The number of rotatable bonds is 4. The highest BCUT2D eigenvalue weighted by atomic mass is 35.5. The van der Waals surface area contributed by atoms with Gasteiger partial charge < -0.3 is 10.4 Å². The molecule has 2 heterocycles. The van der Waals surface area contributed by atoms with Crippen molar-refractivity contribution in [3.63, 3.8) is 0 Å². The molecule has 0 amide bonds. The molecule has 0 aliphatic rings. The molecule has 1 atom stereocenters. The normalized spacial score (nSPS) is 12.4. The van der Waals surface area contributed by atoms with Gasteiger partial charge in [-0.25, -0.2) is 0 Å². The molecule has 0 aliphatic heterocycles. The molecule has 5 heteroatoms. The molecule has 0 fully saturated rings. The lowest BCUT2D eigenvalue weighted by Crippen LogP contribution is -2.11. The summed E-state index contributed by atoms with van der Waals surface area (Å²) in [6.45, 7) is 0.431. The van der Waals surface area contributed by atoms with E-state index in [1.165, 1.54) is 0 Å². The average Bonchev–Trinajstić information content (AvgIpc) is 2.81. The van der Waals surface area contributed by atoms with Gasteiger partial charge >= 0.3 is 0 Å². The van der Waals surface area contributed by atoms with Crippen LogP contribution in [0.15, 0.2) is 35.3 Å². The lowest BCUT2D eigenvalue weighted by atomic mass is 10.2. The van der Waals surface area contributed by atoms with Crippen molar-refractivity contribution in [3.8, 4) is 0 Å². The Balaban J connectivity index is 1.95. The molecule has 0 bridgehead atoms. The number of halogens is 1. The van der Waals surface area contributed by atoms with Crippen molar-refractivity contribution in [2.75, 3.05) is 11.9 Å². The van der Waals surface area contributed by atoms with E-state index in [1.54, 1.807) is 29.8 Å². The van der Waals surface area contributed by atoms with Gasteiger partial charge in [0.2, 0.25) is 0 Å². The molecule has 1 unspecified atom stereocenters. The second-order valence-electron chi connectivity index (χ2n) is 3.31. The molecule has 2 aromatic rings. The summed E-state index contributed by atoms with van der Waals surface area (Å²) < 4.78 is 0. The van der Waals surface area contributed by atoms with Crippen LogP contribution < -0.4 is 5.32 Å². The first-order chi connectivity index (χ1) is 7.77. The topological polar surface area (TPSA) is 45.1 Å². The molecule has 84 valence electrons. The molecule has 2 rings (SSSR count). The van der Waals surface area contributed by atoms with Crippen molar-refractivity contribution in [1.82, 2.24) is 4.98 Å². The van der Waals surface area contributed by atoms with Crippen molar-refractivity contribution in [3.05, 3.63) is 45.9 Å². The Morgan fingerprint density at radius 2 is 2.38 bits per heavy atom. The SMILES string of the molecule is OC(CNc1ccncc1Cl)c1ccsc1. The van der Waals surface area contributed by atoms with Crippen LogP contribution >= 0.6 is 22.9 Å². The molecular formula is C11H11ClN2OS. The number of thiophene rings is 1. The summed E-state index contributed by atoms with van der Waals surface area (Å²) in [6.07, 6.45) is 2.71. The number of aromatic nitrogens is 1. The highest BCUT2D eigenvalue weighted by Crippen LogP contribution is 2.21. The molecule has 2 N–H and O–H groups in total. The van der Waals surface area contributed by atoms with Crippen LogP contribution in [0.5, 0.6) is 0 Å². The third kappa shape index (κ3) is 2.72. The van der Waals surface area contributed by atoms with E-state index in [-0.39, 0.29) is 0 Å². The smallest absolute Gasteiger partial charge is 0.0970 e. The number of anilines is 1. The highest BCUT2D eigenvalue weighted by Gasteiger charge is 2.08. The fourth-order valence-corrected chi connectivity index (χ4v) is 2.20. The zero-order valence-electron chi connectivity index (χ0n) is 8.43. The van der Waals surface area contributed by atoms with Gasteiger partial charge in [0, 0.05) is 18.9 Å². The minimum atomic E-state index is -0.518. The van der Waals surface area contributed by atoms with Gasteiger partial charge in [-0.15, -0.1) is 0 Å². The summed E-state index contributed by atoms with van der Waals surface area (Å²) >= 11 is 7.50. The van der Waals surface area contributed by atoms with Gasteiger partial charge in [0.1, 0.15) is 0 Å². The number of aliphatic hydroxyl groups is 1. The third-order valence-electron chi connectivity index (χ3n) is 2.19. The molecular weight excluding hydrogens is 244 g/mol. The highest BCUT2D eigenvalue weighted by molar-refractivity contribution is 7.07. The fraction of sp³-hybridized carbons (Fsp3) is 0.182. The Labute approximate surface area is 103 Å². The first-order valence-corrected chi connectivity index (χ1v) is 6.13. The van der Waals surface area contributed by atoms with Gasteiger partial charge in [-0.3, -0.25) is 4.98 Å². The maximum atomic E-state index is 9.85. The lowest BCUT2D eigenvalue weighted by Gasteiger charge is -2.12. The Bertz CT molecular complexity index is 447. The maximum absolute atomic E-state index is 9.85. The summed E-state index contributed by atoms with van der Waals surface area (Å²) in [7, 11) is 0. The van der Waals surface area contributed by atoms with Gasteiger partial charge in [-0.05, 0) is 28.5 Å². The molecule has 0 aromatic carbocycles. The Morgan fingerprint density at radius 3 is 3.06 bits per heavy atom. The van der Waals surface area contributed by atoms with Gasteiger partial charge in [-0.2, -0.15) is 11.3 Å². The molecule has 0 saturated heterocycles. The number of hydrogen-bond acceptors (Lipinski definition) is 4. The van der Waals surface area contributed by atoms with Crippen molar-refractivity contribution >= 4 is 28.6 Å².